The Kier molecular flexibility index (Phi) is 6.05. The monoisotopic (exact) mass is 257 g/mol. The first-order chi connectivity index (χ1) is 8.37. The second-order valence-corrected chi connectivity index (χ2v) is 5.87. The fourth-order valence-corrected chi connectivity index (χ4v) is 2.00. The summed E-state index contributed by atoms with van der Waals surface area (Å²) in [6, 6.07) is 0.177. The number of nitrogens with zero attached hydrogens (tertiary/aromatic N) is 1. The quantitative estimate of drug-likeness (QED) is 0.720. The molecule has 0 saturated carbocycles. The fraction of sp³-hybridized carbons (Fsp3) is 0.923. The van der Waals surface area contributed by atoms with E-state index in [0.29, 0.717) is 12.8 Å². The maximum absolute atomic E-state index is 11.7. The average Bonchev–Trinajstić information content (AvgIpc) is 2.26. The summed E-state index contributed by atoms with van der Waals surface area (Å²) in [4.78, 5) is 14.1. The van der Waals surface area contributed by atoms with E-state index in [1.165, 1.54) is 0 Å². The minimum absolute atomic E-state index is 0.0919. The van der Waals surface area contributed by atoms with Crippen molar-refractivity contribution in [1.82, 2.24) is 10.2 Å². The Labute approximate surface area is 110 Å². The molecule has 0 aliphatic carbocycles. The molecular formula is C13H27N3O2. The first kappa shape index (κ1) is 15.4. The van der Waals surface area contributed by atoms with Gasteiger partial charge in [-0.1, -0.05) is 0 Å². The number of hydrogen-bond acceptors (Lipinski definition) is 4. The van der Waals surface area contributed by atoms with Crippen molar-refractivity contribution in [3.63, 3.8) is 0 Å². The highest BCUT2D eigenvalue weighted by atomic mass is 16.5. The van der Waals surface area contributed by atoms with Gasteiger partial charge in [0.05, 0.1) is 13.2 Å². The van der Waals surface area contributed by atoms with Gasteiger partial charge in [-0.05, 0) is 27.2 Å². The van der Waals surface area contributed by atoms with E-state index < -0.39 is 0 Å². The van der Waals surface area contributed by atoms with Crippen molar-refractivity contribution in [3.8, 4) is 0 Å². The zero-order valence-electron chi connectivity index (χ0n) is 11.9. The zero-order valence-corrected chi connectivity index (χ0v) is 11.9. The van der Waals surface area contributed by atoms with Crippen LogP contribution in [0, 0.1) is 0 Å². The molecule has 0 aromatic rings. The maximum atomic E-state index is 11.7. The van der Waals surface area contributed by atoms with Crippen LogP contribution in [0.4, 0.5) is 0 Å². The van der Waals surface area contributed by atoms with Gasteiger partial charge in [-0.3, -0.25) is 9.69 Å². The Morgan fingerprint density at radius 3 is 2.61 bits per heavy atom. The van der Waals surface area contributed by atoms with E-state index >= 15 is 0 Å². The van der Waals surface area contributed by atoms with Gasteiger partial charge in [0.1, 0.15) is 0 Å². The lowest BCUT2D eigenvalue weighted by Crippen LogP contribution is -2.46. The number of nitrogens with one attached hydrogen (secondary N) is 1. The summed E-state index contributed by atoms with van der Waals surface area (Å²) >= 11 is 0. The lowest BCUT2D eigenvalue weighted by Gasteiger charge is -2.29. The minimum atomic E-state index is -0.273. The Morgan fingerprint density at radius 2 is 2.06 bits per heavy atom. The maximum Gasteiger partial charge on any atom is 0.220 e. The predicted octanol–water partition coefficient (Wildman–Crippen LogP) is 0.341. The number of ether oxygens (including phenoxy) is 1. The number of carbonyl (C=O) groups is 1. The highest BCUT2D eigenvalue weighted by Crippen LogP contribution is 2.07. The summed E-state index contributed by atoms with van der Waals surface area (Å²) in [5, 5.41) is 3.02. The van der Waals surface area contributed by atoms with Gasteiger partial charge in [-0.25, -0.2) is 0 Å². The molecule has 5 heteroatoms. The third-order valence-electron chi connectivity index (χ3n) is 3.04. The first-order valence-electron chi connectivity index (χ1n) is 6.75. The van der Waals surface area contributed by atoms with E-state index in [4.69, 9.17) is 10.5 Å². The van der Waals surface area contributed by atoms with Crippen LogP contribution >= 0.6 is 0 Å². The second kappa shape index (κ2) is 7.07. The van der Waals surface area contributed by atoms with Crippen molar-refractivity contribution in [2.24, 2.45) is 5.73 Å². The number of nitrogens with two attached hydrogens (primary N) is 1. The number of hydrogen-bond donors (Lipinski definition) is 2. The molecule has 0 aromatic carbocycles. The molecule has 0 spiro atoms. The van der Waals surface area contributed by atoms with Crippen molar-refractivity contribution in [2.75, 3.05) is 32.8 Å². The minimum Gasteiger partial charge on any atom is -0.379 e. The number of carbonyl (C=O) groups excluding carboxylic acids is 1. The molecule has 1 atom stereocenters. The molecule has 1 aliphatic rings. The Bertz CT molecular complexity index is 257. The molecule has 18 heavy (non-hydrogen) atoms. The summed E-state index contributed by atoms with van der Waals surface area (Å²) in [5.74, 6) is 0.0919. The van der Waals surface area contributed by atoms with Crippen LogP contribution in [0.5, 0.6) is 0 Å². The van der Waals surface area contributed by atoms with Crippen molar-refractivity contribution in [1.29, 1.82) is 0 Å². The van der Waals surface area contributed by atoms with Gasteiger partial charge in [0.2, 0.25) is 5.91 Å². The lowest BCUT2D eigenvalue weighted by molar-refractivity contribution is -0.122. The highest BCUT2D eigenvalue weighted by molar-refractivity contribution is 5.76. The molecular weight excluding hydrogens is 230 g/mol. The molecule has 1 amide bonds. The smallest absolute Gasteiger partial charge is 0.220 e. The van der Waals surface area contributed by atoms with Gasteiger partial charge in [-0.2, -0.15) is 0 Å². The van der Waals surface area contributed by atoms with Crippen LogP contribution in [0.2, 0.25) is 0 Å². The van der Waals surface area contributed by atoms with Gasteiger partial charge in [0, 0.05) is 37.6 Å². The topological polar surface area (TPSA) is 67.6 Å². The summed E-state index contributed by atoms with van der Waals surface area (Å²) in [6.07, 6.45) is 1.21. The van der Waals surface area contributed by atoms with Crippen LogP contribution in [0.1, 0.15) is 33.6 Å². The Hall–Kier alpha value is -0.650. The molecule has 1 saturated heterocycles. The van der Waals surface area contributed by atoms with Gasteiger partial charge in [0.15, 0.2) is 0 Å². The highest BCUT2D eigenvalue weighted by Gasteiger charge is 2.17. The average molecular weight is 257 g/mol. The van der Waals surface area contributed by atoms with Crippen molar-refractivity contribution < 1.29 is 9.53 Å². The molecule has 5 nitrogen and oxygen atoms in total. The third kappa shape index (κ3) is 6.93. The van der Waals surface area contributed by atoms with E-state index in [1.807, 2.05) is 20.8 Å². The summed E-state index contributed by atoms with van der Waals surface area (Å²) in [5.41, 5.74) is 5.59. The summed E-state index contributed by atoms with van der Waals surface area (Å²) in [7, 11) is 0. The van der Waals surface area contributed by atoms with E-state index in [-0.39, 0.29) is 17.5 Å². The Morgan fingerprint density at radius 1 is 1.44 bits per heavy atom. The summed E-state index contributed by atoms with van der Waals surface area (Å²) < 4.78 is 5.30. The molecule has 1 heterocycles. The molecule has 0 aromatic heterocycles. The van der Waals surface area contributed by atoms with Gasteiger partial charge in [-0.15, -0.1) is 0 Å². The van der Waals surface area contributed by atoms with Gasteiger partial charge in [0.25, 0.3) is 0 Å². The molecule has 1 fully saturated rings. The van der Waals surface area contributed by atoms with Crippen LogP contribution in [0.3, 0.4) is 0 Å². The van der Waals surface area contributed by atoms with E-state index in [1.54, 1.807) is 0 Å². The molecule has 106 valence electrons. The van der Waals surface area contributed by atoms with E-state index in [9.17, 15) is 4.79 Å². The van der Waals surface area contributed by atoms with Crippen molar-refractivity contribution in [3.05, 3.63) is 0 Å². The van der Waals surface area contributed by atoms with E-state index in [2.05, 4.69) is 10.2 Å². The van der Waals surface area contributed by atoms with Crippen LogP contribution in [0.25, 0.3) is 0 Å². The van der Waals surface area contributed by atoms with Gasteiger partial charge >= 0.3 is 0 Å². The number of amides is 1. The SMILES string of the molecule is CC(CN1CCOCC1)NC(=O)CCC(C)(C)N. The van der Waals surface area contributed by atoms with Crippen LogP contribution in [0.15, 0.2) is 0 Å². The molecule has 3 N–H and O–H groups in total. The molecule has 0 radical (unpaired) electrons. The normalized spacial score (nSPS) is 19.6. The molecule has 1 unspecified atom stereocenters. The van der Waals surface area contributed by atoms with Crippen LogP contribution < -0.4 is 11.1 Å². The molecule has 1 aliphatic heterocycles. The zero-order chi connectivity index (χ0) is 13.6. The predicted molar refractivity (Wildman–Crippen MR) is 72.4 cm³/mol. The van der Waals surface area contributed by atoms with E-state index in [0.717, 1.165) is 32.8 Å². The third-order valence-corrected chi connectivity index (χ3v) is 3.04. The molecule has 0 bridgehead atoms. The second-order valence-electron chi connectivity index (χ2n) is 5.87. The molecule has 1 rings (SSSR count). The number of morpholine rings is 1. The van der Waals surface area contributed by atoms with Gasteiger partial charge < -0.3 is 15.8 Å². The van der Waals surface area contributed by atoms with Crippen molar-refractivity contribution >= 4 is 5.91 Å². The van der Waals surface area contributed by atoms with Crippen LogP contribution in [-0.4, -0.2) is 55.2 Å². The summed E-state index contributed by atoms with van der Waals surface area (Å²) in [6.45, 7) is 10.3. The standard InChI is InChI=1S/C13H27N3O2/c1-11(10-16-6-8-18-9-7-16)15-12(17)4-5-13(2,3)14/h11H,4-10,14H2,1-3H3,(H,15,17). The van der Waals surface area contributed by atoms with Crippen molar-refractivity contribution in [2.45, 2.75) is 45.2 Å². The first-order valence-corrected chi connectivity index (χ1v) is 6.75. The number of rotatable bonds is 6. The lowest BCUT2D eigenvalue weighted by atomic mass is 10.00. The van der Waals surface area contributed by atoms with Crippen LogP contribution in [-0.2, 0) is 9.53 Å². The fourth-order valence-electron chi connectivity index (χ4n) is 2.00. The Balaban J connectivity index is 2.18. The largest absolute Gasteiger partial charge is 0.379 e.